The Labute approximate surface area is 141 Å². The monoisotopic (exact) mass is 325 g/mol. The third-order valence-corrected chi connectivity index (χ3v) is 4.58. The summed E-state index contributed by atoms with van der Waals surface area (Å²) in [6, 6.07) is 11.2. The number of carbonyl (C=O) groups excluding carboxylic acids is 1. The molecule has 2 aromatic rings. The van der Waals surface area contributed by atoms with Crippen molar-refractivity contribution in [2.45, 2.75) is 38.6 Å². The van der Waals surface area contributed by atoms with E-state index in [1.54, 1.807) is 6.33 Å². The van der Waals surface area contributed by atoms with Crippen molar-refractivity contribution >= 4 is 5.91 Å². The topological polar surface area (TPSA) is 64.0 Å². The van der Waals surface area contributed by atoms with E-state index in [0.29, 0.717) is 18.8 Å². The summed E-state index contributed by atoms with van der Waals surface area (Å²) in [6.07, 6.45) is 7.04. The summed E-state index contributed by atoms with van der Waals surface area (Å²) >= 11 is 0. The molecule has 0 aliphatic heterocycles. The van der Waals surface area contributed by atoms with Gasteiger partial charge in [0.15, 0.2) is 0 Å². The van der Waals surface area contributed by atoms with Crippen molar-refractivity contribution in [3.8, 4) is 11.3 Å². The molecule has 1 heterocycles. The molecule has 0 radical (unpaired) electrons. The fourth-order valence-electron chi connectivity index (χ4n) is 3.17. The predicted molar refractivity (Wildman–Crippen MR) is 93.5 cm³/mol. The molecule has 1 amide bonds. The first-order valence-electron chi connectivity index (χ1n) is 8.63. The minimum absolute atomic E-state index is 0.101. The van der Waals surface area contributed by atoms with Gasteiger partial charge in [-0.1, -0.05) is 49.6 Å². The van der Waals surface area contributed by atoms with Crippen LogP contribution < -0.4 is 10.9 Å². The Hall–Kier alpha value is -2.43. The second-order valence-corrected chi connectivity index (χ2v) is 6.30. The zero-order valence-corrected chi connectivity index (χ0v) is 13.8. The number of hydrogen-bond donors (Lipinski definition) is 1. The van der Waals surface area contributed by atoms with Gasteiger partial charge in [0.05, 0.1) is 12.0 Å². The van der Waals surface area contributed by atoms with Gasteiger partial charge in [0, 0.05) is 30.6 Å². The molecule has 1 aromatic heterocycles. The van der Waals surface area contributed by atoms with Gasteiger partial charge in [-0.2, -0.15) is 0 Å². The number of benzene rings is 1. The molecule has 126 valence electrons. The number of nitrogens with one attached hydrogen (secondary N) is 1. The van der Waals surface area contributed by atoms with Gasteiger partial charge in [0.1, 0.15) is 0 Å². The second kappa shape index (κ2) is 7.90. The fraction of sp³-hybridized carbons (Fsp3) is 0.421. The minimum atomic E-state index is -0.101. The minimum Gasteiger partial charge on any atom is -0.354 e. The summed E-state index contributed by atoms with van der Waals surface area (Å²) in [4.78, 5) is 28.6. The van der Waals surface area contributed by atoms with Crippen LogP contribution in [0.15, 0.2) is 47.5 Å². The van der Waals surface area contributed by atoms with E-state index in [4.69, 9.17) is 0 Å². The van der Waals surface area contributed by atoms with Gasteiger partial charge in [0.25, 0.3) is 5.56 Å². The molecule has 1 aliphatic rings. The molecule has 1 saturated carbocycles. The molecule has 5 nitrogen and oxygen atoms in total. The van der Waals surface area contributed by atoms with Crippen molar-refractivity contribution in [1.82, 2.24) is 14.9 Å². The molecule has 0 unspecified atom stereocenters. The van der Waals surface area contributed by atoms with Crippen LogP contribution in [-0.2, 0) is 11.3 Å². The summed E-state index contributed by atoms with van der Waals surface area (Å²) in [5.74, 6) is 0.269. The van der Waals surface area contributed by atoms with Crippen molar-refractivity contribution < 1.29 is 4.79 Å². The Bertz CT molecular complexity index is 734. The summed E-state index contributed by atoms with van der Waals surface area (Å²) < 4.78 is 1.54. The SMILES string of the molecule is O=C(NCCn1cnc(-c2ccccc2)cc1=O)C1CCCCC1. The Balaban J connectivity index is 1.56. The molecule has 0 atom stereocenters. The number of rotatable bonds is 5. The maximum absolute atomic E-state index is 12.2. The van der Waals surface area contributed by atoms with Crippen LogP contribution in [-0.4, -0.2) is 22.0 Å². The third kappa shape index (κ3) is 4.10. The van der Waals surface area contributed by atoms with Crippen LogP contribution >= 0.6 is 0 Å². The lowest BCUT2D eigenvalue weighted by molar-refractivity contribution is -0.125. The molecule has 5 heteroatoms. The molecule has 0 saturated heterocycles. The van der Waals surface area contributed by atoms with Gasteiger partial charge in [-0.25, -0.2) is 4.98 Å². The lowest BCUT2D eigenvalue weighted by Gasteiger charge is -2.20. The van der Waals surface area contributed by atoms with Crippen molar-refractivity contribution in [2.75, 3.05) is 6.54 Å². The van der Waals surface area contributed by atoms with E-state index in [-0.39, 0.29) is 17.4 Å². The highest BCUT2D eigenvalue weighted by molar-refractivity contribution is 5.78. The first-order valence-corrected chi connectivity index (χ1v) is 8.63. The second-order valence-electron chi connectivity index (χ2n) is 6.30. The molecule has 0 spiro atoms. The van der Waals surface area contributed by atoms with E-state index in [1.807, 2.05) is 30.3 Å². The number of carbonyl (C=O) groups is 1. The van der Waals surface area contributed by atoms with Crippen LogP contribution in [0.2, 0.25) is 0 Å². The van der Waals surface area contributed by atoms with Crippen molar-refractivity contribution in [3.05, 3.63) is 53.1 Å². The zero-order valence-electron chi connectivity index (χ0n) is 13.8. The first-order chi connectivity index (χ1) is 11.7. The molecular weight excluding hydrogens is 302 g/mol. The predicted octanol–water partition coefficient (Wildman–Crippen LogP) is 2.61. The lowest BCUT2D eigenvalue weighted by atomic mass is 9.89. The highest BCUT2D eigenvalue weighted by Crippen LogP contribution is 2.23. The molecule has 0 bridgehead atoms. The summed E-state index contributed by atoms with van der Waals surface area (Å²) in [6.45, 7) is 0.904. The smallest absolute Gasteiger partial charge is 0.253 e. The Kier molecular flexibility index (Phi) is 5.41. The van der Waals surface area contributed by atoms with Crippen LogP contribution in [0.1, 0.15) is 32.1 Å². The summed E-state index contributed by atoms with van der Waals surface area (Å²) in [5.41, 5.74) is 1.49. The Morgan fingerprint density at radius 3 is 2.62 bits per heavy atom. The molecule has 3 rings (SSSR count). The van der Waals surface area contributed by atoms with E-state index < -0.39 is 0 Å². The van der Waals surface area contributed by atoms with Crippen molar-refractivity contribution in [1.29, 1.82) is 0 Å². The highest BCUT2D eigenvalue weighted by atomic mass is 16.2. The van der Waals surface area contributed by atoms with Crippen molar-refractivity contribution in [3.63, 3.8) is 0 Å². The number of aromatic nitrogens is 2. The largest absolute Gasteiger partial charge is 0.354 e. The normalized spacial score (nSPS) is 15.2. The van der Waals surface area contributed by atoms with Crippen LogP contribution in [0, 0.1) is 5.92 Å². The van der Waals surface area contributed by atoms with Gasteiger partial charge in [-0.3, -0.25) is 14.2 Å². The summed E-state index contributed by atoms with van der Waals surface area (Å²) in [7, 11) is 0. The van der Waals surface area contributed by atoms with Gasteiger partial charge < -0.3 is 5.32 Å². The quantitative estimate of drug-likeness (QED) is 0.919. The van der Waals surface area contributed by atoms with E-state index in [1.165, 1.54) is 17.1 Å². The van der Waals surface area contributed by atoms with Gasteiger partial charge in [-0.05, 0) is 12.8 Å². The molecule has 24 heavy (non-hydrogen) atoms. The zero-order chi connectivity index (χ0) is 16.8. The van der Waals surface area contributed by atoms with E-state index in [9.17, 15) is 9.59 Å². The fourth-order valence-corrected chi connectivity index (χ4v) is 3.17. The maximum Gasteiger partial charge on any atom is 0.253 e. The lowest BCUT2D eigenvalue weighted by Crippen LogP contribution is -2.35. The van der Waals surface area contributed by atoms with Gasteiger partial charge in [-0.15, -0.1) is 0 Å². The Morgan fingerprint density at radius 2 is 1.92 bits per heavy atom. The van der Waals surface area contributed by atoms with Crippen molar-refractivity contribution in [2.24, 2.45) is 5.92 Å². The van der Waals surface area contributed by atoms with Gasteiger partial charge >= 0.3 is 0 Å². The van der Waals surface area contributed by atoms with E-state index >= 15 is 0 Å². The third-order valence-electron chi connectivity index (χ3n) is 4.58. The van der Waals surface area contributed by atoms with Gasteiger partial charge in [0.2, 0.25) is 5.91 Å². The summed E-state index contributed by atoms with van der Waals surface area (Å²) in [5, 5.41) is 2.95. The number of hydrogen-bond acceptors (Lipinski definition) is 3. The van der Waals surface area contributed by atoms with Crippen LogP contribution in [0.25, 0.3) is 11.3 Å². The standard InChI is InChI=1S/C19H23N3O2/c23-18-13-17(15-7-3-1-4-8-15)21-14-22(18)12-11-20-19(24)16-9-5-2-6-10-16/h1,3-4,7-8,13-14,16H,2,5-6,9-12H2,(H,20,24). The first kappa shape index (κ1) is 16.4. The molecule has 1 aromatic carbocycles. The number of amides is 1. The molecule has 1 N–H and O–H groups in total. The molecular formula is C19H23N3O2. The van der Waals surface area contributed by atoms with Crippen LogP contribution in [0.3, 0.4) is 0 Å². The van der Waals surface area contributed by atoms with Crippen LogP contribution in [0.4, 0.5) is 0 Å². The van der Waals surface area contributed by atoms with E-state index in [0.717, 1.165) is 31.2 Å². The average Bonchev–Trinajstić information content (AvgIpc) is 2.64. The molecule has 1 fully saturated rings. The molecule has 1 aliphatic carbocycles. The number of nitrogens with zero attached hydrogens (tertiary/aromatic N) is 2. The van der Waals surface area contributed by atoms with E-state index in [2.05, 4.69) is 10.3 Å². The Morgan fingerprint density at radius 1 is 1.17 bits per heavy atom. The maximum atomic E-state index is 12.2. The average molecular weight is 325 g/mol. The van der Waals surface area contributed by atoms with Crippen LogP contribution in [0.5, 0.6) is 0 Å². The highest BCUT2D eigenvalue weighted by Gasteiger charge is 2.20.